The zero-order valence-electron chi connectivity index (χ0n) is 58.4. The van der Waals surface area contributed by atoms with E-state index in [1.165, 1.54) is 180 Å². The molecule has 0 radical (unpaired) electrons. The number of carbonyl (C=O) groups excluding carboxylic acids is 4. The maximum absolute atomic E-state index is 13.0. The maximum atomic E-state index is 13.0. The second kappa shape index (κ2) is 63.1. The Labute approximate surface area is 549 Å². The van der Waals surface area contributed by atoms with Crippen LogP contribution in [-0.4, -0.2) is 96.7 Å². The largest absolute Gasteiger partial charge is 0.472 e. The molecule has 0 spiro atoms. The molecule has 19 heteroatoms. The van der Waals surface area contributed by atoms with Crippen molar-refractivity contribution in [2.24, 2.45) is 11.8 Å². The summed E-state index contributed by atoms with van der Waals surface area (Å²) in [4.78, 5) is 72.5. The standard InChI is InChI=1S/C71H138O17P2/c1-7-9-11-13-15-17-23-30-37-43-49-55-70(75)87-66(59-81-68(73)53-47-41-35-27-16-14-12-10-8-2)61-85-89(77,78)83-57-65(72)58-84-90(79,80)86-62-67(60-82-69(74)54-48-42-36-32-26-29-34-40-46-52-64(5)6)88-71(76)56-50-44-38-31-25-22-20-18-19-21-24-28-33-39-45-51-63(3)4/h63-67,72H,7-62H2,1-6H3,(H,77,78)(H,79,80)/t65-,66+,67+/m0/s1. The van der Waals surface area contributed by atoms with Gasteiger partial charge in [-0.25, -0.2) is 9.13 Å². The molecule has 0 heterocycles. The van der Waals surface area contributed by atoms with E-state index >= 15 is 0 Å². The van der Waals surface area contributed by atoms with Crippen LogP contribution in [0.5, 0.6) is 0 Å². The molecule has 0 saturated carbocycles. The highest BCUT2D eigenvalue weighted by atomic mass is 31.2. The summed E-state index contributed by atoms with van der Waals surface area (Å²) in [5.41, 5.74) is 0. The van der Waals surface area contributed by atoms with Crippen molar-refractivity contribution in [3.8, 4) is 0 Å². The monoisotopic (exact) mass is 1320 g/mol. The van der Waals surface area contributed by atoms with Gasteiger partial charge < -0.3 is 33.8 Å². The zero-order chi connectivity index (χ0) is 66.5. The van der Waals surface area contributed by atoms with Crippen LogP contribution in [0.1, 0.15) is 363 Å². The quantitative estimate of drug-likeness (QED) is 0.0222. The van der Waals surface area contributed by atoms with Crippen molar-refractivity contribution in [1.29, 1.82) is 0 Å². The van der Waals surface area contributed by atoms with E-state index in [0.717, 1.165) is 102 Å². The van der Waals surface area contributed by atoms with Gasteiger partial charge in [-0.3, -0.25) is 37.3 Å². The summed E-state index contributed by atoms with van der Waals surface area (Å²) in [7, 11) is -9.90. The fourth-order valence-electron chi connectivity index (χ4n) is 10.8. The Balaban J connectivity index is 5.21. The number of phosphoric ester groups is 2. The fraction of sp³-hybridized carbons (Fsp3) is 0.944. The van der Waals surface area contributed by atoms with E-state index in [1.54, 1.807) is 0 Å². The topological polar surface area (TPSA) is 237 Å². The van der Waals surface area contributed by atoms with Crippen molar-refractivity contribution in [1.82, 2.24) is 0 Å². The third kappa shape index (κ3) is 64.8. The van der Waals surface area contributed by atoms with Crippen LogP contribution in [0.4, 0.5) is 0 Å². The van der Waals surface area contributed by atoms with Gasteiger partial charge in [0.15, 0.2) is 12.2 Å². The molecule has 0 amide bonds. The molecule has 0 rings (SSSR count). The van der Waals surface area contributed by atoms with E-state index in [9.17, 15) is 43.2 Å². The smallest absolute Gasteiger partial charge is 0.462 e. The second-order valence-electron chi connectivity index (χ2n) is 26.6. The normalized spacial score (nSPS) is 14.1. The molecule has 534 valence electrons. The Bertz CT molecular complexity index is 1750. The van der Waals surface area contributed by atoms with Gasteiger partial charge in [0.25, 0.3) is 0 Å². The third-order valence-corrected chi connectivity index (χ3v) is 18.4. The molecule has 90 heavy (non-hydrogen) atoms. The lowest BCUT2D eigenvalue weighted by Crippen LogP contribution is -2.30. The van der Waals surface area contributed by atoms with E-state index in [2.05, 4.69) is 41.5 Å². The summed E-state index contributed by atoms with van der Waals surface area (Å²) in [5.74, 6) is -0.577. The van der Waals surface area contributed by atoms with E-state index in [4.69, 9.17) is 37.0 Å². The van der Waals surface area contributed by atoms with Crippen LogP contribution in [0.3, 0.4) is 0 Å². The molecule has 0 bridgehead atoms. The van der Waals surface area contributed by atoms with Crippen LogP contribution in [-0.2, 0) is 65.4 Å². The van der Waals surface area contributed by atoms with E-state index < -0.39 is 97.5 Å². The number of hydrogen-bond acceptors (Lipinski definition) is 15. The van der Waals surface area contributed by atoms with Gasteiger partial charge in [-0.05, 0) is 37.5 Å². The highest BCUT2D eigenvalue weighted by Gasteiger charge is 2.30. The number of carbonyl (C=O) groups is 4. The molecule has 17 nitrogen and oxygen atoms in total. The van der Waals surface area contributed by atoms with Crippen LogP contribution in [0.2, 0.25) is 0 Å². The number of ether oxygens (including phenoxy) is 4. The zero-order valence-corrected chi connectivity index (χ0v) is 60.2. The van der Waals surface area contributed by atoms with Gasteiger partial charge in [0.2, 0.25) is 0 Å². The molecule has 5 atom stereocenters. The molecular weight excluding hydrogens is 1190 g/mol. The number of aliphatic hydroxyl groups excluding tert-OH is 1. The first-order valence-corrected chi connectivity index (χ1v) is 40.0. The van der Waals surface area contributed by atoms with Gasteiger partial charge >= 0.3 is 39.5 Å². The van der Waals surface area contributed by atoms with Crippen molar-refractivity contribution >= 4 is 39.5 Å². The minimum Gasteiger partial charge on any atom is -0.462 e. The lowest BCUT2D eigenvalue weighted by molar-refractivity contribution is -0.161. The molecule has 0 saturated heterocycles. The number of unbranched alkanes of at least 4 members (excludes halogenated alkanes) is 40. The fourth-order valence-corrected chi connectivity index (χ4v) is 12.3. The van der Waals surface area contributed by atoms with Crippen molar-refractivity contribution in [2.75, 3.05) is 39.6 Å². The molecule has 0 aromatic rings. The predicted molar refractivity (Wildman–Crippen MR) is 363 cm³/mol. The molecule has 3 N–H and O–H groups in total. The van der Waals surface area contributed by atoms with Gasteiger partial charge in [-0.15, -0.1) is 0 Å². The van der Waals surface area contributed by atoms with Gasteiger partial charge in [-0.1, -0.05) is 311 Å². The number of rotatable bonds is 70. The van der Waals surface area contributed by atoms with E-state index in [0.29, 0.717) is 25.7 Å². The second-order valence-corrected chi connectivity index (χ2v) is 29.5. The maximum Gasteiger partial charge on any atom is 0.472 e. The first kappa shape index (κ1) is 88.1. The molecule has 0 aliphatic carbocycles. The molecule has 0 aliphatic heterocycles. The van der Waals surface area contributed by atoms with Crippen molar-refractivity contribution in [2.45, 2.75) is 381 Å². The summed E-state index contributed by atoms with van der Waals surface area (Å²) < 4.78 is 68.3. The van der Waals surface area contributed by atoms with Crippen LogP contribution >= 0.6 is 15.6 Å². The summed E-state index contributed by atoms with van der Waals surface area (Å²) in [6, 6.07) is 0. The van der Waals surface area contributed by atoms with Crippen LogP contribution in [0.25, 0.3) is 0 Å². The summed E-state index contributed by atoms with van der Waals surface area (Å²) >= 11 is 0. The number of phosphoric acid groups is 2. The van der Waals surface area contributed by atoms with Gasteiger partial charge in [-0.2, -0.15) is 0 Å². The SMILES string of the molecule is CCCCCCCCCCCCCC(=O)O[C@H](COC(=O)CCCCCCCCCCC)COP(=O)(O)OC[C@H](O)COP(=O)(O)OC[C@@H](COC(=O)CCCCCCCCCCCC(C)C)OC(=O)CCCCCCCCCCCCCCCCCC(C)C. The van der Waals surface area contributed by atoms with Crippen LogP contribution < -0.4 is 0 Å². The van der Waals surface area contributed by atoms with E-state index in [1.807, 2.05) is 0 Å². The Kier molecular flexibility index (Phi) is 61.8. The molecule has 2 unspecified atom stereocenters. The lowest BCUT2D eigenvalue weighted by atomic mass is 10.0. The summed E-state index contributed by atoms with van der Waals surface area (Å²) in [6.45, 7) is 9.55. The number of hydrogen-bond donors (Lipinski definition) is 3. The van der Waals surface area contributed by atoms with Crippen LogP contribution in [0.15, 0.2) is 0 Å². The third-order valence-electron chi connectivity index (χ3n) is 16.5. The highest BCUT2D eigenvalue weighted by Crippen LogP contribution is 2.45. The molecule has 0 aliphatic rings. The number of esters is 4. The van der Waals surface area contributed by atoms with Crippen molar-refractivity contribution in [3.05, 3.63) is 0 Å². The van der Waals surface area contributed by atoms with Crippen molar-refractivity contribution < 1.29 is 80.2 Å². The Morgan fingerprint density at radius 3 is 0.756 bits per heavy atom. The molecular formula is C71H138O17P2. The minimum absolute atomic E-state index is 0.107. The Hall–Kier alpha value is -1.94. The highest BCUT2D eigenvalue weighted by molar-refractivity contribution is 7.47. The van der Waals surface area contributed by atoms with Gasteiger partial charge in [0.1, 0.15) is 19.3 Å². The summed E-state index contributed by atoms with van der Waals surface area (Å²) in [6.07, 6.45) is 48.5. The molecule has 0 fully saturated rings. The van der Waals surface area contributed by atoms with Crippen molar-refractivity contribution in [3.63, 3.8) is 0 Å². The van der Waals surface area contributed by atoms with Gasteiger partial charge in [0, 0.05) is 25.7 Å². The summed E-state index contributed by atoms with van der Waals surface area (Å²) in [5, 5.41) is 10.6. The van der Waals surface area contributed by atoms with Gasteiger partial charge in [0.05, 0.1) is 26.4 Å². The molecule has 0 aromatic carbocycles. The average molecular weight is 1330 g/mol. The predicted octanol–water partition coefficient (Wildman–Crippen LogP) is 20.4. The first-order chi connectivity index (χ1) is 43.4. The van der Waals surface area contributed by atoms with Crippen LogP contribution in [0, 0.1) is 11.8 Å². The first-order valence-electron chi connectivity index (χ1n) is 37.0. The lowest BCUT2D eigenvalue weighted by Gasteiger charge is -2.21. The minimum atomic E-state index is -4.95. The Morgan fingerprint density at radius 1 is 0.300 bits per heavy atom. The average Bonchev–Trinajstić information content (AvgIpc) is 3.55. The molecule has 0 aromatic heterocycles. The number of aliphatic hydroxyl groups is 1. The Morgan fingerprint density at radius 2 is 0.511 bits per heavy atom. The van der Waals surface area contributed by atoms with E-state index in [-0.39, 0.29) is 25.7 Å².